The van der Waals surface area contributed by atoms with Crippen LogP contribution in [0.25, 0.3) is 22.3 Å². The molecule has 1 aromatic carbocycles. The SMILES string of the molecule is O=C1OCc2c(cc3n(c2=O)Cc2c-3nc3cccc4c3c2CCC4)C1O. The fourth-order valence-electron chi connectivity index (χ4n) is 4.79. The molecule has 3 aliphatic rings. The van der Waals surface area contributed by atoms with E-state index in [9.17, 15) is 14.7 Å². The van der Waals surface area contributed by atoms with Crippen LogP contribution in [0, 0.1) is 0 Å². The first-order valence-electron chi connectivity index (χ1n) is 9.18. The molecule has 2 aliphatic heterocycles. The van der Waals surface area contributed by atoms with Crippen LogP contribution in [-0.4, -0.2) is 20.6 Å². The molecule has 0 amide bonds. The maximum absolute atomic E-state index is 13.0. The molecule has 1 aliphatic carbocycles. The van der Waals surface area contributed by atoms with Crippen molar-refractivity contribution in [3.63, 3.8) is 0 Å². The van der Waals surface area contributed by atoms with E-state index in [4.69, 9.17) is 9.72 Å². The molecule has 0 radical (unpaired) electrons. The highest BCUT2D eigenvalue weighted by Crippen LogP contribution is 2.40. The summed E-state index contributed by atoms with van der Waals surface area (Å²) in [6.45, 7) is 0.389. The smallest absolute Gasteiger partial charge is 0.340 e. The molecule has 1 atom stereocenters. The fraction of sp³-hybridized carbons (Fsp3) is 0.286. The van der Waals surface area contributed by atoms with Gasteiger partial charge < -0.3 is 14.4 Å². The molecule has 0 saturated carbocycles. The van der Waals surface area contributed by atoms with Crippen molar-refractivity contribution in [3.8, 4) is 11.4 Å². The Hall–Kier alpha value is -2.99. The van der Waals surface area contributed by atoms with Crippen molar-refractivity contribution in [3.05, 3.63) is 62.4 Å². The number of rotatable bonds is 0. The van der Waals surface area contributed by atoms with Crippen molar-refractivity contribution < 1.29 is 14.6 Å². The number of hydrogen-bond donors (Lipinski definition) is 1. The van der Waals surface area contributed by atoms with Crippen molar-refractivity contribution >= 4 is 16.9 Å². The molecule has 6 nitrogen and oxygen atoms in total. The summed E-state index contributed by atoms with van der Waals surface area (Å²) in [4.78, 5) is 29.6. The van der Waals surface area contributed by atoms with Crippen molar-refractivity contribution in [2.24, 2.45) is 0 Å². The van der Waals surface area contributed by atoms with Crippen LogP contribution in [0.1, 0.15) is 40.3 Å². The van der Waals surface area contributed by atoms with E-state index >= 15 is 0 Å². The number of ether oxygens (including phenoxy) is 1. The summed E-state index contributed by atoms with van der Waals surface area (Å²) in [6, 6.07) is 7.94. The average Bonchev–Trinajstić information content (AvgIpc) is 3.05. The van der Waals surface area contributed by atoms with Gasteiger partial charge in [-0.2, -0.15) is 0 Å². The minimum Gasteiger partial charge on any atom is -0.458 e. The first-order valence-corrected chi connectivity index (χ1v) is 9.18. The van der Waals surface area contributed by atoms with Crippen LogP contribution in [0.3, 0.4) is 0 Å². The van der Waals surface area contributed by atoms with Crippen molar-refractivity contribution in [1.82, 2.24) is 9.55 Å². The van der Waals surface area contributed by atoms with E-state index in [0.29, 0.717) is 23.4 Å². The molecule has 6 rings (SSSR count). The third-order valence-electron chi connectivity index (χ3n) is 6.06. The van der Waals surface area contributed by atoms with Crippen LogP contribution in [0.2, 0.25) is 0 Å². The highest BCUT2D eigenvalue weighted by atomic mass is 16.5. The highest BCUT2D eigenvalue weighted by molar-refractivity contribution is 5.91. The lowest BCUT2D eigenvalue weighted by Crippen LogP contribution is -2.32. The van der Waals surface area contributed by atoms with Crippen LogP contribution in [0.4, 0.5) is 0 Å². The maximum Gasteiger partial charge on any atom is 0.340 e. The normalized spacial score (nSPS) is 19.4. The molecule has 134 valence electrons. The zero-order valence-electron chi connectivity index (χ0n) is 14.5. The van der Waals surface area contributed by atoms with Crippen LogP contribution in [0.15, 0.2) is 29.1 Å². The number of pyridine rings is 2. The van der Waals surface area contributed by atoms with E-state index in [1.54, 1.807) is 10.6 Å². The van der Waals surface area contributed by atoms with Gasteiger partial charge in [0.2, 0.25) is 0 Å². The summed E-state index contributed by atoms with van der Waals surface area (Å²) in [5.41, 5.74) is 6.61. The van der Waals surface area contributed by atoms with E-state index in [1.807, 2.05) is 12.1 Å². The van der Waals surface area contributed by atoms with E-state index in [0.717, 1.165) is 36.0 Å². The van der Waals surface area contributed by atoms with Crippen molar-refractivity contribution in [1.29, 1.82) is 0 Å². The third-order valence-corrected chi connectivity index (χ3v) is 6.06. The molecule has 0 fully saturated rings. The van der Waals surface area contributed by atoms with E-state index < -0.39 is 12.1 Å². The van der Waals surface area contributed by atoms with Gasteiger partial charge in [-0.05, 0) is 42.5 Å². The van der Waals surface area contributed by atoms with Gasteiger partial charge in [-0.3, -0.25) is 4.79 Å². The molecular weight excluding hydrogens is 344 g/mol. The quantitative estimate of drug-likeness (QED) is 0.485. The number of cyclic esters (lactones) is 1. The number of carbonyl (C=O) groups excluding carboxylic acids is 1. The van der Waals surface area contributed by atoms with Gasteiger partial charge >= 0.3 is 5.97 Å². The van der Waals surface area contributed by atoms with Crippen LogP contribution in [-0.2, 0) is 35.5 Å². The molecule has 1 unspecified atom stereocenters. The molecule has 4 heterocycles. The van der Waals surface area contributed by atoms with E-state index in [1.165, 1.54) is 16.5 Å². The van der Waals surface area contributed by atoms with Crippen LogP contribution >= 0.6 is 0 Å². The Labute approximate surface area is 154 Å². The first-order chi connectivity index (χ1) is 13.1. The number of esters is 1. The number of benzene rings is 1. The van der Waals surface area contributed by atoms with Gasteiger partial charge in [-0.25, -0.2) is 9.78 Å². The van der Waals surface area contributed by atoms with Crippen LogP contribution in [0.5, 0.6) is 0 Å². The van der Waals surface area contributed by atoms with Crippen molar-refractivity contribution in [2.75, 3.05) is 0 Å². The second kappa shape index (κ2) is 5.04. The fourth-order valence-corrected chi connectivity index (χ4v) is 4.79. The maximum atomic E-state index is 13.0. The number of aryl methyl sites for hydroxylation is 2. The Bertz CT molecular complexity index is 1240. The molecule has 2 aromatic heterocycles. The van der Waals surface area contributed by atoms with Gasteiger partial charge in [0.25, 0.3) is 5.56 Å². The average molecular weight is 360 g/mol. The molecule has 0 spiro atoms. The minimum absolute atomic E-state index is 0.0902. The van der Waals surface area contributed by atoms with Crippen molar-refractivity contribution in [2.45, 2.75) is 38.5 Å². The molecule has 3 aromatic rings. The first kappa shape index (κ1) is 15.1. The number of aliphatic hydroxyl groups excluding tert-OH is 1. The second-order valence-corrected chi connectivity index (χ2v) is 7.45. The Balaban J connectivity index is 1.68. The number of carbonyl (C=O) groups is 1. The predicted molar refractivity (Wildman–Crippen MR) is 97.3 cm³/mol. The molecule has 1 N–H and O–H groups in total. The molecule has 0 saturated heterocycles. The zero-order valence-corrected chi connectivity index (χ0v) is 14.5. The number of aliphatic hydroxyl groups is 1. The highest BCUT2D eigenvalue weighted by Gasteiger charge is 2.35. The van der Waals surface area contributed by atoms with Gasteiger partial charge in [0.1, 0.15) is 6.61 Å². The number of aromatic nitrogens is 2. The number of fused-ring (bicyclic) bond motifs is 5. The Morgan fingerprint density at radius 1 is 1.15 bits per heavy atom. The second-order valence-electron chi connectivity index (χ2n) is 7.45. The zero-order chi connectivity index (χ0) is 18.3. The van der Waals surface area contributed by atoms with E-state index in [-0.39, 0.29) is 12.2 Å². The van der Waals surface area contributed by atoms with Gasteiger partial charge in [-0.15, -0.1) is 0 Å². The minimum atomic E-state index is -1.41. The largest absolute Gasteiger partial charge is 0.458 e. The summed E-state index contributed by atoms with van der Waals surface area (Å²) in [5, 5.41) is 11.4. The lowest BCUT2D eigenvalue weighted by Gasteiger charge is -2.21. The summed E-state index contributed by atoms with van der Waals surface area (Å²) < 4.78 is 6.65. The van der Waals surface area contributed by atoms with Gasteiger partial charge in [0.15, 0.2) is 6.10 Å². The molecule has 6 heteroatoms. The van der Waals surface area contributed by atoms with Gasteiger partial charge in [0, 0.05) is 16.5 Å². The summed E-state index contributed by atoms with van der Waals surface area (Å²) in [6.07, 6.45) is 1.70. The monoisotopic (exact) mass is 360 g/mol. The topological polar surface area (TPSA) is 81.4 Å². The number of nitrogens with zero attached hydrogens (tertiary/aromatic N) is 2. The number of hydrogen-bond acceptors (Lipinski definition) is 5. The third kappa shape index (κ3) is 1.85. The van der Waals surface area contributed by atoms with E-state index in [2.05, 4.69) is 6.07 Å². The summed E-state index contributed by atoms with van der Waals surface area (Å²) >= 11 is 0. The van der Waals surface area contributed by atoms with Crippen LogP contribution < -0.4 is 5.56 Å². The standard InChI is InChI=1S/C21H16N2O4/c24-19-12-7-16-18-13(8-23(16)20(25)14(12)9-27-21(19)26)11-5-1-3-10-4-2-6-15(22-18)17(10)11/h2,4,6-7,19,24H,1,3,5,8-9H2. The lowest BCUT2D eigenvalue weighted by molar-refractivity contribution is -0.157. The summed E-state index contributed by atoms with van der Waals surface area (Å²) in [7, 11) is 0. The summed E-state index contributed by atoms with van der Waals surface area (Å²) in [5.74, 6) is -0.712. The van der Waals surface area contributed by atoms with Gasteiger partial charge in [0.05, 0.1) is 29.0 Å². The lowest BCUT2D eigenvalue weighted by atomic mass is 9.87. The molecule has 27 heavy (non-hydrogen) atoms. The predicted octanol–water partition coefficient (Wildman–Crippen LogP) is 2.00. The Morgan fingerprint density at radius 3 is 2.93 bits per heavy atom. The molecular formula is C21H16N2O4. The Kier molecular flexibility index (Phi) is 2.82. The Morgan fingerprint density at radius 2 is 2.04 bits per heavy atom. The molecule has 0 bridgehead atoms. The van der Waals surface area contributed by atoms with Gasteiger partial charge in [-0.1, -0.05) is 12.1 Å².